The van der Waals surface area contributed by atoms with Crippen molar-refractivity contribution in [1.29, 1.82) is 5.26 Å². The molecule has 26 heavy (non-hydrogen) atoms. The first-order chi connectivity index (χ1) is 12.3. The van der Waals surface area contributed by atoms with Gasteiger partial charge in [0, 0.05) is 24.7 Å². The van der Waals surface area contributed by atoms with Crippen LogP contribution in [0.3, 0.4) is 0 Å². The van der Waals surface area contributed by atoms with Crippen LogP contribution in [0.25, 0.3) is 0 Å². The molecule has 2 amide bonds. The van der Waals surface area contributed by atoms with Crippen LogP contribution in [0.4, 0.5) is 11.4 Å². The first kappa shape index (κ1) is 19.1. The number of hydrogen-bond donors (Lipinski definition) is 2. The third-order valence-corrected chi connectivity index (χ3v) is 5.14. The van der Waals surface area contributed by atoms with Crippen molar-refractivity contribution in [2.75, 3.05) is 16.4 Å². The number of nitrogens with one attached hydrogen (secondary N) is 2. The molecule has 0 aliphatic rings. The van der Waals surface area contributed by atoms with E-state index in [1.165, 1.54) is 37.3 Å². The second kappa shape index (κ2) is 8.27. The van der Waals surface area contributed by atoms with Crippen molar-refractivity contribution in [3.05, 3.63) is 54.1 Å². The van der Waals surface area contributed by atoms with Gasteiger partial charge in [-0.2, -0.15) is 5.26 Å². The monoisotopic (exact) mass is 371 g/mol. The number of carbonyl (C=O) groups excluding carboxylic acids is 2. The van der Waals surface area contributed by atoms with E-state index in [9.17, 15) is 18.0 Å². The lowest BCUT2D eigenvalue weighted by molar-refractivity contribution is -0.116. The van der Waals surface area contributed by atoms with Gasteiger partial charge in [0.1, 0.15) is 0 Å². The summed E-state index contributed by atoms with van der Waals surface area (Å²) < 4.78 is 24.6. The van der Waals surface area contributed by atoms with Crippen molar-refractivity contribution < 1.29 is 18.0 Å². The molecule has 2 aromatic rings. The Labute approximate surface area is 151 Å². The molecular formula is C18H17N3O4S. The highest BCUT2D eigenvalue weighted by atomic mass is 32.2. The molecule has 7 nitrogen and oxygen atoms in total. The molecule has 0 fully saturated rings. The molecule has 2 N–H and O–H groups in total. The lowest BCUT2D eigenvalue weighted by atomic mass is 10.2. The number of rotatable bonds is 6. The molecule has 134 valence electrons. The molecular weight excluding hydrogens is 354 g/mol. The third-order valence-electron chi connectivity index (χ3n) is 3.41. The molecule has 0 aromatic heterocycles. The zero-order valence-corrected chi connectivity index (χ0v) is 14.8. The molecule has 0 unspecified atom stereocenters. The minimum Gasteiger partial charge on any atom is -0.326 e. The van der Waals surface area contributed by atoms with E-state index in [2.05, 4.69) is 10.6 Å². The molecule has 0 saturated carbocycles. The number of benzene rings is 2. The van der Waals surface area contributed by atoms with E-state index in [-0.39, 0.29) is 23.0 Å². The number of sulfone groups is 1. The van der Waals surface area contributed by atoms with E-state index in [1.807, 2.05) is 6.07 Å². The van der Waals surface area contributed by atoms with Crippen molar-refractivity contribution >= 4 is 33.0 Å². The van der Waals surface area contributed by atoms with Gasteiger partial charge in [0.15, 0.2) is 9.84 Å². The molecule has 2 rings (SSSR count). The lowest BCUT2D eigenvalue weighted by Gasteiger charge is -2.08. The van der Waals surface area contributed by atoms with Crippen LogP contribution in [0.1, 0.15) is 18.9 Å². The van der Waals surface area contributed by atoms with Gasteiger partial charge in [-0.3, -0.25) is 9.59 Å². The predicted molar refractivity (Wildman–Crippen MR) is 97.2 cm³/mol. The Morgan fingerprint density at radius 3 is 2.35 bits per heavy atom. The van der Waals surface area contributed by atoms with Crippen LogP contribution >= 0.6 is 0 Å². The maximum atomic E-state index is 12.3. The van der Waals surface area contributed by atoms with E-state index in [1.54, 1.807) is 18.2 Å². The largest absolute Gasteiger partial charge is 0.326 e. The van der Waals surface area contributed by atoms with Gasteiger partial charge in [-0.1, -0.05) is 6.07 Å². The van der Waals surface area contributed by atoms with Crippen LogP contribution in [0, 0.1) is 11.3 Å². The highest BCUT2D eigenvalue weighted by Gasteiger charge is 2.16. The average molecular weight is 371 g/mol. The van der Waals surface area contributed by atoms with Crippen molar-refractivity contribution in [3.8, 4) is 6.07 Å². The first-order valence-corrected chi connectivity index (χ1v) is 9.36. The molecule has 0 aliphatic carbocycles. The van der Waals surface area contributed by atoms with Crippen LogP contribution < -0.4 is 10.6 Å². The smallest absolute Gasteiger partial charge is 0.225 e. The second-order valence-electron chi connectivity index (χ2n) is 5.52. The van der Waals surface area contributed by atoms with Crippen LogP contribution in [0.2, 0.25) is 0 Å². The SMILES string of the molecule is CC(=O)Nc1ccc(S(=O)(=O)CCC(=O)Nc2cccc(C#N)c2)cc1. The molecule has 0 atom stereocenters. The maximum Gasteiger partial charge on any atom is 0.225 e. The summed E-state index contributed by atoms with van der Waals surface area (Å²) in [5.41, 5.74) is 1.33. The third kappa shape index (κ3) is 5.43. The molecule has 0 saturated heterocycles. The number of amides is 2. The van der Waals surface area contributed by atoms with Crippen LogP contribution in [0.5, 0.6) is 0 Å². The van der Waals surface area contributed by atoms with E-state index in [0.717, 1.165) is 0 Å². The topological polar surface area (TPSA) is 116 Å². The van der Waals surface area contributed by atoms with Gasteiger partial charge in [-0.05, 0) is 42.5 Å². The maximum absolute atomic E-state index is 12.3. The number of carbonyl (C=O) groups is 2. The van der Waals surface area contributed by atoms with E-state index < -0.39 is 15.7 Å². The summed E-state index contributed by atoms with van der Waals surface area (Å²) in [5, 5.41) is 14.0. The average Bonchev–Trinajstić information content (AvgIpc) is 2.60. The van der Waals surface area contributed by atoms with Crippen LogP contribution in [-0.4, -0.2) is 26.0 Å². The normalized spacial score (nSPS) is 10.6. The number of anilines is 2. The predicted octanol–water partition coefficient (Wildman–Crippen LogP) is 2.32. The van der Waals surface area contributed by atoms with Gasteiger partial charge < -0.3 is 10.6 Å². The van der Waals surface area contributed by atoms with E-state index >= 15 is 0 Å². The Morgan fingerprint density at radius 1 is 1.04 bits per heavy atom. The van der Waals surface area contributed by atoms with E-state index in [4.69, 9.17) is 5.26 Å². The second-order valence-corrected chi connectivity index (χ2v) is 7.62. The highest BCUT2D eigenvalue weighted by Crippen LogP contribution is 2.17. The fraction of sp³-hybridized carbons (Fsp3) is 0.167. The molecule has 0 radical (unpaired) electrons. The molecule has 2 aromatic carbocycles. The summed E-state index contributed by atoms with van der Waals surface area (Å²) in [6.45, 7) is 1.36. The number of nitriles is 1. The highest BCUT2D eigenvalue weighted by molar-refractivity contribution is 7.91. The zero-order chi connectivity index (χ0) is 19.2. The Balaban J connectivity index is 1.97. The molecule has 0 spiro atoms. The van der Waals surface area contributed by atoms with E-state index in [0.29, 0.717) is 16.9 Å². The van der Waals surface area contributed by atoms with Crippen LogP contribution in [-0.2, 0) is 19.4 Å². The van der Waals surface area contributed by atoms with Crippen molar-refractivity contribution in [3.63, 3.8) is 0 Å². The quantitative estimate of drug-likeness (QED) is 0.808. The van der Waals surface area contributed by atoms with Gasteiger partial charge in [0.05, 0.1) is 22.3 Å². The lowest BCUT2D eigenvalue weighted by Crippen LogP contribution is -2.17. The molecule has 0 aliphatic heterocycles. The summed E-state index contributed by atoms with van der Waals surface area (Å²) in [6, 6.07) is 14.1. The zero-order valence-electron chi connectivity index (χ0n) is 14.0. The summed E-state index contributed by atoms with van der Waals surface area (Å²) in [7, 11) is -3.63. The van der Waals surface area contributed by atoms with Crippen LogP contribution in [0.15, 0.2) is 53.4 Å². The van der Waals surface area contributed by atoms with Crippen molar-refractivity contribution in [2.45, 2.75) is 18.2 Å². The standard InChI is InChI=1S/C18H17N3O4S/c1-13(22)20-15-5-7-17(8-6-15)26(24,25)10-9-18(23)21-16-4-2-3-14(11-16)12-19/h2-8,11H,9-10H2,1H3,(H,20,22)(H,21,23). The minimum absolute atomic E-state index is 0.0749. The van der Waals surface area contributed by atoms with Crippen molar-refractivity contribution in [1.82, 2.24) is 0 Å². The van der Waals surface area contributed by atoms with Gasteiger partial charge >= 0.3 is 0 Å². The first-order valence-electron chi connectivity index (χ1n) is 7.70. The summed E-state index contributed by atoms with van der Waals surface area (Å²) in [5.74, 6) is -1.06. The molecule has 0 heterocycles. The fourth-order valence-corrected chi connectivity index (χ4v) is 3.42. The van der Waals surface area contributed by atoms with Gasteiger partial charge in [-0.15, -0.1) is 0 Å². The Bertz CT molecular complexity index is 961. The fourth-order valence-electron chi connectivity index (χ4n) is 2.18. The molecule has 0 bridgehead atoms. The molecule has 8 heteroatoms. The van der Waals surface area contributed by atoms with Gasteiger partial charge in [0.25, 0.3) is 0 Å². The number of hydrogen-bond acceptors (Lipinski definition) is 5. The van der Waals surface area contributed by atoms with Gasteiger partial charge in [0.2, 0.25) is 11.8 Å². The summed E-state index contributed by atoms with van der Waals surface area (Å²) in [4.78, 5) is 23.0. The Hall–Kier alpha value is -3.18. The Morgan fingerprint density at radius 2 is 1.73 bits per heavy atom. The van der Waals surface area contributed by atoms with Gasteiger partial charge in [-0.25, -0.2) is 8.42 Å². The van der Waals surface area contributed by atoms with Crippen molar-refractivity contribution in [2.24, 2.45) is 0 Å². The Kier molecular flexibility index (Phi) is 6.09. The summed E-state index contributed by atoms with van der Waals surface area (Å²) in [6.07, 6.45) is -0.216. The minimum atomic E-state index is -3.63. The number of nitrogens with zero attached hydrogens (tertiary/aromatic N) is 1. The summed E-state index contributed by atoms with van der Waals surface area (Å²) >= 11 is 0.